The van der Waals surface area contributed by atoms with Gasteiger partial charge in [0.05, 0.1) is 31.1 Å². The normalized spacial score (nSPS) is 16.6. The molecule has 3 amide bonds. The van der Waals surface area contributed by atoms with Crippen LogP contribution in [0.2, 0.25) is 0 Å². The van der Waals surface area contributed by atoms with Crippen LogP contribution in [0.25, 0.3) is 0 Å². The minimum Gasteiger partial charge on any atom is -0.493 e. The number of nitrogens with one attached hydrogen (secondary N) is 2. The zero-order valence-corrected chi connectivity index (χ0v) is 24.4. The van der Waals surface area contributed by atoms with Crippen LogP contribution < -0.4 is 20.6 Å². The van der Waals surface area contributed by atoms with Crippen molar-refractivity contribution in [2.24, 2.45) is 10.7 Å². The first kappa shape index (κ1) is 30.7. The van der Waals surface area contributed by atoms with Gasteiger partial charge in [0.2, 0.25) is 5.91 Å². The van der Waals surface area contributed by atoms with E-state index in [0.29, 0.717) is 24.3 Å². The molecule has 0 aliphatic carbocycles. The second-order valence-corrected chi connectivity index (χ2v) is 11.7. The average molecular weight is 622 g/mol. The van der Waals surface area contributed by atoms with Gasteiger partial charge >= 0.3 is 6.09 Å². The van der Waals surface area contributed by atoms with Crippen LogP contribution in [0.5, 0.6) is 5.75 Å². The first-order valence-corrected chi connectivity index (χ1v) is 15.3. The van der Waals surface area contributed by atoms with Crippen molar-refractivity contribution in [1.82, 2.24) is 15.2 Å². The summed E-state index contributed by atoms with van der Waals surface area (Å²) in [5, 5.41) is 3.68. The maximum Gasteiger partial charge on any atom is 0.435 e. The van der Waals surface area contributed by atoms with Crippen molar-refractivity contribution in [1.29, 1.82) is 0 Å². The summed E-state index contributed by atoms with van der Waals surface area (Å²) in [5.74, 6) is -0.501. The van der Waals surface area contributed by atoms with E-state index in [4.69, 9.17) is 19.9 Å². The van der Waals surface area contributed by atoms with Gasteiger partial charge in [-0.15, -0.1) is 4.83 Å². The molecule has 0 aromatic heterocycles. The van der Waals surface area contributed by atoms with Crippen LogP contribution in [0.4, 0.5) is 4.79 Å². The van der Waals surface area contributed by atoms with Gasteiger partial charge in [0.15, 0.2) is 0 Å². The zero-order chi connectivity index (χ0) is 31.1. The SMILES string of the molecule is N/C(=N\C(=O)OCc1ccccc1)c1ccc(CNC(=O)C[C@@H]2OCCN(NS(=O)(=O)c3ccc4c(c3)CCO4)C2=O)cc1. The quantitative estimate of drug-likeness (QED) is 0.225. The number of hydrogen-bond acceptors (Lipinski definition) is 8. The molecule has 1 saturated heterocycles. The lowest BCUT2D eigenvalue weighted by molar-refractivity contribution is -0.157. The summed E-state index contributed by atoms with van der Waals surface area (Å²) in [4.78, 5) is 43.6. The Labute approximate surface area is 254 Å². The number of aliphatic imine (C=N–C) groups is 1. The first-order chi connectivity index (χ1) is 21.2. The van der Waals surface area contributed by atoms with Crippen molar-refractivity contribution in [3.05, 3.63) is 95.1 Å². The van der Waals surface area contributed by atoms with Crippen LogP contribution in [-0.4, -0.2) is 63.0 Å². The molecule has 1 fully saturated rings. The minimum atomic E-state index is -4.04. The van der Waals surface area contributed by atoms with E-state index in [1.54, 1.807) is 30.3 Å². The number of sulfonamides is 1. The highest BCUT2D eigenvalue weighted by Crippen LogP contribution is 2.27. The summed E-state index contributed by atoms with van der Waals surface area (Å²) in [5.41, 5.74) is 8.76. The number of amidine groups is 1. The zero-order valence-electron chi connectivity index (χ0n) is 23.6. The lowest BCUT2D eigenvalue weighted by Crippen LogP contribution is -2.56. The average Bonchev–Trinajstić information content (AvgIpc) is 3.50. The van der Waals surface area contributed by atoms with E-state index < -0.39 is 34.0 Å². The number of ether oxygens (including phenoxy) is 3. The van der Waals surface area contributed by atoms with Gasteiger partial charge in [0, 0.05) is 18.5 Å². The largest absolute Gasteiger partial charge is 0.493 e. The lowest BCUT2D eigenvalue weighted by atomic mass is 10.1. The topological polar surface area (TPSA) is 179 Å². The first-order valence-electron chi connectivity index (χ1n) is 13.8. The summed E-state index contributed by atoms with van der Waals surface area (Å²) in [6, 6.07) is 20.4. The maximum absolute atomic E-state index is 12.9. The number of hydrazine groups is 1. The van der Waals surface area contributed by atoms with Crippen LogP contribution in [0.3, 0.4) is 0 Å². The Hall–Kier alpha value is -4.79. The molecule has 0 spiro atoms. The second-order valence-electron chi connectivity index (χ2n) is 10.0. The van der Waals surface area contributed by atoms with Crippen LogP contribution in [0.1, 0.15) is 28.7 Å². The highest BCUT2D eigenvalue weighted by atomic mass is 32.2. The Morgan fingerprint density at radius 2 is 1.80 bits per heavy atom. The highest BCUT2D eigenvalue weighted by Gasteiger charge is 2.34. The molecule has 3 aromatic carbocycles. The molecule has 0 bridgehead atoms. The van der Waals surface area contributed by atoms with Gasteiger partial charge in [0.25, 0.3) is 15.9 Å². The number of carbonyl (C=O) groups excluding carboxylic acids is 3. The fourth-order valence-electron chi connectivity index (χ4n) is 4.56. The van der Waals surface area contributed by atoms with Gasteiger partial charge in [-0.25, -0.2) is 13.2 Å². The molecule has 0 radical (unpaired) electrons. The summed E-state index contributed by atoms with van der Waals surface area (Å²) in [7, 11) is -4.04. The van der Waals surface area contributed by atoms with Crippen LogP contribution in [0, 0.1) is 0 Å². The number of morpholine rings is 1. The van der Waals surface area contributed by atoms with E-state index in [0.717, 1.165) is 21.7 Å². The third kappa shape index (κ3) is 7.78. The number of benzene rings is 3. The van der Waals surface area contributed by atoms with Crippen molar-refractivity contribution in [2.75, 3.05) is 19.8 Å². The van der Waals surface area contributed by atoms with Crippen LogP contribution in [-0.2, 0) is 48.7 Å². The smallest absolute Gasteiger partial charge is 0.435 e. The van der Waals surface area contributed by atoms with E-state index in [-0.39, 0.29) is 43.5 Å². The number of rotatable bonds is 10. The fraction of sp³-hybridized carbons (Fsp3) is 0.267. The van der Waals surface area contributed by atoms with E-state index >= 15 is 0 Å². The monoisotopic (exact) mass is 621 g/mol. The number of nitrogens with two attached hydrogens (primary N) is 1. The minimum absolute atomic E-state index is 0.00618. The molecule has 44 heavy (non-hydrogen) atoms. The predicted octanol–water partition coefficient (Wildman–Crippen LogP) is 1.79. The lowest BCUT2D eigenvalue weighted by Gasteiger charge is -2.32. The maximum atomic E-state index is 12.9. The molecule has 4 N–H and O–H groups in total. The summed E-state index contributed by atoms with van der Waals surface area (Å²) in [6.45, 7) is 0.753. The van der Waals surface area contributed by atoms with Crippen LogP contribution in [0.15, 0.2) is 82.7 Å². The number of amides is 3. The molecular weight excluding hydrogens is 590 g/mol. The van der Waals surface area contributed by atoms with E-state index in [9.17, 15) is 22.8 Å². The molecular formula is C30H31N5O8S. The van der Waals surface area contributed by atoms with Crippen molar-refractivity contribution in [3.8, 4) is 5.75 Å². The molecule has 1 atom stereocenters. The Balaban J connectivity index is 1.09. The Morgan fingerprint density at radius 1 is 1.02 bits per heavy atom. The van der Waals surface area contributed by atoms with Gasteiger partial charge in [0.1, 0.15) is 24.3 Å². The van der Waals surface area contributed by atoms with Gasteiger partial charge < -0.3 is 25.3 Å². The van der Waals surface area contributed by atoms with Gasteiger partial charge in [-0.3, -0.25) is 14.6 Å². The Kier molecular flexibility index (Phi) is 9.53. The molecule has 230 valence electrons. The number of nitrogens with zero attached hydrogens (tertiary/aromatic N) is 2. The van der Waals surface area contributed by atoms with Crippen LogP contribution >= 0.6 is 0 Å². The molecule has 5 rings (SSSR count). The van der Waals surface area contributed by atoms with Crippen molar-refractivity contribution >= 4 is 33.8 Å². The molecule has 2 heterocycles. The van der Waals surface area contributed by atoms with E-state index in [1.165, 1.54) is 12.1 Å². The Morgan fingerprint density at radius 3 is 2.57 bits per heavy atom. The highest BCUT2D eigenvalue weighted by molar-refractivity contribution is 7.89. The fourth-order valence-corrected chi connectivity index (χ4v) is 5.68. The third-order valence-corrected chi connectivity index (χ3v) is 8.24. The number of fused-ring (bicyclic) bond motifs is 1. The molecule has 2 aliphatic rings. The van der Waals surface area contributed by atoms with E-state index in [1.807, 2.05) is 30.3 Å². The van der Waals surface area contributed by atoms with Gasteiger partial charge in [-0.2, -0.15) is 4.99 Å². The molecule has 0 saturated carbocycles. The van der Waals surface area contributed by atoms with Gasteiger partial charge in [-0.1, -0.05) is 54.6 Å². The number of hydrogen-bond donors (Lipinski definition) is 3. The molecule has 2 aliphatic heterocycles. The molecule has 0 unspecified atom stereocenters. The van der Waals surface area contributed by atoms with E-state index in [2.05, 4.69) is 15.1 Å². The second kappa shape index (κ2) is 13.7. The molecule has 14 heteroatoms. The Bertz CT molecular complexity index is 1660. The van der Waals surface area contributed by atoms with Crippen molar-refractivity contribution in [2.45, 2.75) is 37.0 Å². The number of carbonyl (C=O) groups is 3. The summed E-state index contributed by atoms with van der Waals surface area (Å²) >= 11 is 0. The summed E-state index contributed by atoms with van der Waals surface area (Å²) in [6.07, 6.45) is -1.66. The standard InChI is InChI=1S/C30H31N5O8S/c31-28(33-30(38)43-19-21-4-2-1-3-5-21)22-8-6-20(7-9-22)18-32-27(36)17-26-29(37)35(13-15-42-26)34-44(39,40)24-10-11-25-23(16-24)12-14-41-25/h1-11,16,26,34H,12-15,17-19H2,(H,32,36)(H2,31,33,38)/t26-/m0/s1. The van der Waals surface area contributed by atoms with Crippen molar-refractivity contribution < 1.29 is 37.0 Å². The van der Waals surface area contributed by atoms with Gasteiger partial charge in [-0.05, 0) is 34.9 Å². The van der Waals surface area contributed by atoms with Crippen molar-refractivity contribution in [3.63, 3.8) is 0 Å². The third-order valence-electron chi connectivity index (χ3n) is 6.90. The summed E-state index contributed by atoms with van der Waals surface area (Å²) < 4.78 is 41.9. The molecule has 3 aromatic rings. The predicted molar refractivity (Wildman–Crippen MR) is 158 cm³/mol. The molecule has 13 nitrogen and oxygen atoms in total.